The van der Waals surface area contributed by atoms with E-state index >= 15 is 0 Å². The Labute approximate surface area is 170 Å². The molecular formula is C23H23N3O3. The van der Waals surface area contributed by atoms with Crippen LogP contribution >= 0.6 is 0 Å². The van der Waals surface area contributed by atoms with Gasteiger partial charge in [0, 0.05) is 17.8 Å². The summed E-state index contributed by atoms with van der Waals surface area (Å²) < 4.78 is 4.73. The molecule has 0 unspecified atom stereocenters. The molecule has 0 bridgehead atoms. The van der Waals surface area contributed by atoms with E-state index in [1.807, 2.05) is 67.6 Å². The molecule has 3 rings (SSSR count). The van der Waals surface area contributed by atoms with Crippen molar-refractivity contribution in [3.05, 3.63) is 78.4 Å². The number of carbonyl (C=O) groups excluding carboxylic acids is 2. The molecule has 0 aliphatic heterocycles. The third-order valence-electron chi connectivity index (χ3n) is 4.33. The fourth-order valence-corrected chi connectivity index (χ4v) is 2.89. The number of nitrogens with one attached hydrogen (secondary N) is 1. The Hall–Kier alpha value is -3.67. The van der Waals surface area contributed by atoms with Crippen LogP contribution in [0.15, 0.2) is 72.8 Å². The number of hydrogen-bond donors (Lipinski definition) is 1. The minimum absolute atomic E-state index is 0.233. The van der Waals surface area contributed by atoms with E-state index in [1.54, 1.807) is 17.0 Å². The van der Waals surface area contributed by atoms with Gasteiger partial charge in [0.05, 0.1) is 18.4 Å². The van der Waals surface area contributed by atoms with Gasteiger partial charge in [-0.1, -0.05) is 43.3 Å². The lowest BCUT2D eigenvalue weighted by Crippen LogP contribution is -2.36. The lowest BCUT2D eigenvalue weighted by molar-refractivity contribution is 0.0600. The molecule has 6 nitrogen and oxygen atoms in total. The number of para-hydroxylation sites is 1. The van der Waals surface area contributed by atoms with Crippen LogP contribution in [0, 0.1) is 0 Å². The van der Waals surface area contributed by atoms with Gasteiger partial charge in [-0.3, -0.25) is 4.90 Å². The van der Waals surface area contributed by atoms with Crippen molar-refractivity contribution in [2.75, 3.05) is 23.9 Å². The van der Waals surface area contributed by atoms with Gasteiger partial charge in [-0.05, 0) is 42.8 Å². The fraction of sp³-hybridized carbons (Fsp3) is 0.174. The predicted octanol–water partition coefficient (Wildman–Crippen LogP) is 4.98. The molecule has 1 heterocycles. The molecule has 0 saturated carbocycles. The van der Waals surface area contributed by atoms with Gasteiger partial charge >= 0.3 is 12.0 Å². The number of carbonyl (C=O) groups is 2. The smallest absolute Gasteiger partial charge is 0.337 e. The van der Waals surface area contributed by atoms with Gasteiger partial charge in [0.25, 0.3) is 0 Å². The molecule has 29 heavy (non-hydrogen) atoms. The largest absolute Gasteiger partial charge is 0.465 e. The Bertz CT molecular complexity index is 972. The first kappa shape index (κ1) is 20.1. The Balaban J connectivity index is 1.85. The second kappa shape index (κ2) is 9.50. The summed E-state index contributed by atoms with van der Waals surface area (Å²) in [6.45, 7) is 2.55. The third-order valence-corrected chi connectivity index (χ3v) is 4.33. The maximum absolute atomic E-state index is 12.8. The molecule has 6 heteroatoms. The zero-order valence-electron chi connectivity index (χ0n) is 16.5. The summed E-state index contributed by atoms with van der Waals surface area (Å²) in [5.41, 5.74) is 2.77. The number of ether oxygens (including phenoxy) is 1. The zero-order valence-corrected chi connectivity index (χ0v) is 16.5. The van der Waals surface area contributed by atoms with E-state index in [-0.39, 0.29) is 12.0 Å². The summed E-state index contributed by atoms with van der Waals surface area (Å²) in [4.78, 5) is 30.7. The second-order valence-electron chi connectivity index (χ2n) is 6.40. The molecule has 1 N–H and O–H groups in total. The number of esters is 1. The molecule has 1 aromatic heterocycles. The molecule has 0 atom stereocenters. The summed E-state index contributed by atoms with van der Waals surface area (Å²) in [5.74, 6) is 0.180. The van der Waals surface area contributed by atoms with E-state index in [2.05, 4.69) is 10.3 Å². The number of hydrogen-bond acceptors (Lipinski definition) is 4. The van der Waals surface area contributed by atoms with Crippen molar-refractivity contribution < 1.29 is 14.3 Å². The molecule has 3 aromatic rings. The number of rotatable bonds is 6. The van der Waals surface area contributed by atoms with Gasteiger partial charge in [0.1, 0.15) is 5.82 Å². The molecule has 0 saturated heterocycles. The highest BCUT2D eigenvalue weighted by Gasteiger charge is 2.17. The summed E-state index contributed by atoms with van der Waals surface area (Å²) >= 11 is 0. The highest BCUT2D eigenvalue weighted by Crippen LogP contribution is 2.22. The van der Waals surface area contributed by atoms with Gasteiger partial charge in [-0.25, -0.2) is 14.6 Å². The van der Waals surface area contributed by atoms with E-state index in [1.165, 1.54) is 7.11 Å². The normalized spacial score (nSPS) is 10.3. The fourth-order valence-electron chi connectivity index (χ4n) is 2.89. The molecule has 148 valence electrons. The second-order valence-corrected chi connectivity index (χ2v) is 6.40. The van der Waals surface area contributed by atoms with Gasteiger partial charge in [-0.15, -0.1) is 0 Å². The predicted molar refractivity (Wildman–Crippen MR) is 114 cm³/mol. The SMILES string of the molecule is CCCN(C(=O)Nc1ccccc1)c1cccc(-c2ccc(C(=O)OC)cc2)n1. The number of anilines is 2. The Morgan fingerprint density at radius 2 is 1.69 bits per heavy atom. The molecule has 0 aliphatic rings. The van der Waals surface area contributed by atoms with Crippen LogP contribution in [0.4, 0.5) is 16.3 Å². The standard InChI is InChI=1S/C23H23N3O3/c1-3-16-26(23(28)24-19-8-5-4-6-9-19)21-11-7-10-20(25-21)17-12-14-18(15-13-17)22(27)29-2/h4-15H,3,16H2,1-2H3,(H,24,28). The van der Waals surface area contributed by atoms with E-state index in [0.29, 0.717) is 23.6 Å². The molecule has 0 fully saturated rings. The van der Waals surface area contributed by atoms with Crippen LogP contribution in [-0.2, 0) is 4.74 Å². The van der Waals surface area contributed by atoms with Crippen molar-refractivity contribution in [2.45, 2.75) is 13.3 Å². The minimum Gasteiger partial charge on any atom is -0.465 e. The third kappa shape index (κ3) is 4.99. The molecule has 2 amide bonds. The minimum atomic E-state index is -0.384. The maximum Gasteiger partial charge on any atom is 0.337 e. The molecular weight excluding hydrogens is 366 g/mol. The van der Waals surface area contributed by atoms with Crippen LogP contribution in [0.2, 0.25) is 0 Å². The number of pyridine rings is 1. The van der Waals surface area contributed by atoms with Crippen LogP contribution in [-0.4, -0.2) is 30.6 Å². The lowest BCUT2D eigenvalue weighted by Gasteiger charge is -2.22. The van der Waals surface area contributed by atoms with Crippen molar-refractivity contribution >= 4 is 23.5 Å². The first-order valence-electron chi connectivity index (χ1n) is 9.41. The van der Waals surface area contributed by atoms with E-state index in [4.69, 9.17) is 4.74 Å². The van der Waals surface area contributed by atoms with Crippen LogP contribution in [0.1, 0.15) is 23.7 Å². The number of urea groups is 1. The first-order chi connectivity index (χ1) is 14.1. The van der Waals surface area contributed by atoms with Crippen molar-refractivity contribution in [1.29, 1.82) is 0 Å². The van der Waals surface area contributed by atoms with Gasteiger partial charge < -0.3 is 10.1 Å². The van der Waals surface area contributed by atoms with Crippen LogP contribution < -0.4 is 10.2 Å². The molecule has 0 aliphatic carbocycles. The van der Waals surface area contributed by atoms with Crippen LogP contribution in [0.25, 0.3) is 11.3 Å². The monoisotopic (exact) mass is 389 g/mol. The maximum atomic E-state index is 12.8. The van der Waals surface area contributed by atoms with Crippen molar-refractivity contribution in [1.82, 2.24) is 4.98 Å². The average Bonchev–Trinajstić information content (AvgIpc) is 2.77. The zero-order chi connectivity index (χ0) is 20.6. The Morgan fingerprint density at radius 3 is 2.34 bits per heavy atom. The Kier molecular flexibility index (Phi) is 6.58. The van der Waals surface area contributed by atoms with Crippen molar-refractivity contribution in [2.24, 2.45) is 0 Å². The van der Waals surface area contributed by atoms with E-state index < -0.39 is 0 Å². The van der Waals surface area contributed by atoms with Crippen LogP contribution in [0.5, 0.6) is 0 Å². The number of methoxy groups -OCH3 is 1. The molecule has 0 radical (unpaired) electrons. The quantitative estimate of drug-likeness (QED) is 0.603. The number of benzene rings is 2. The highest BCUT2D eigenvalue weighted by atomic mass is 16.5. The molecule has 2 aromatic carbocycles. The van der Waals surface area contributed by atoms with E-state index in [9.17, 15) is 9.59 Å². The van der Waals surface area contributed by atoms with Crippen molar-refractivity contribution in [3.8, 4) is 11.3 Å². The van der Waals surface area contributed by atoms with Crippen molar-refractivity contribution in [3.63, 3.8) is 0 Å². The summed E-state index contributed by atoms with van der Waals surface area (Å²) in [6.07, 6.45) is 0.794. The molecule has 0 spiro atoms. The Morgan fingerprint density at radius 1 is 0.966 bits per heavy atom. The summed E-state index contributed by atoms with van der Waals surface area (Å²) in [5, 5.41) is 2.91. The highest BCUT2D eigenvalue weighted by molar-refractivity contribution is 6.01. The lowest BCUT2D eigenvalue weighted by atomic mass is 10.1. The van der Waals surface area contributed by atoms with Gasteiger partial charge in [-0.2, -0.15) is 0 Å². The number of amides is 2. The number of aromatic nitrogens is 1. The first-order valence-corrected chi connectivity index (χ1v) is 9.41. The number of nitrogens with zero attached hydrogens (tertiary/aromatic N) is 2. The van der Waals surface area contributed by atoms with Gasteiger partial charge in [0.2, 0.25) is 0 Å². The van der Waals surface area contributed by atoms with Crippen LogP contribution in [0.3, 0.4) is 0 Å². The topological polar surface area (TPSA) is 71.5 Å². The summed E-state index contributed by atoms with van der Waals surface area (Å²) in [7, 11) is 1.35. The van der Waals surface area contributed by atoms with E-state index in [0.717, 1.165) is 17.7 Å². The summed E-state index contributed by atoms with van der Waals surface area (Å²) in [6, 6.07) is 21.7. The van der Waals surface area contributed by atoms with Gasteiger partial charge in [0.15, 0.2) is 0 Å². The average molecular weight is 389 g/mol.